The summed E-state index contributed by atoms with van der Waals surface area (Å²) in [7, 11) is 1.53. The summed E-state index contributed by atoms with van der Waals surface area (Å²) in [4.78, 5) is 16.0. The Morgan fingerprint density at radius 3 is 2.78 bits per heavy atom. The molecule has 1 atom stereocenters. The third-order valence-electron chi connectivity index (χ3n) is 3.87. The SMILES string of the molecule is COC[C@H](O)CN1CCCN(C(=O)c2ccc(F)cc2F)CC1. The zero-order valence-corrected chi connectivity index (χ0v) is 13.2. The van der Waals surface area contributed by atoms with Gasteiger partial charge in [-0.25, -0.2) is 8.78 Å². The van der Waals surface area contributed by atoms with E-state index in [0.717, 1.165) is 25.1 Å². The highest BCUT2D eigenvalue weighted by atomic mass is 19.1. The van der Waals surface area contributed by atoms with Crippen LogP contribution in [0.3, 0.4) is 0 Å². The molecule has 1 aromatic carbocycles. The number of rotatable bonds is 5. The van der Waals surface area contributed by atoms with Crippen molar-refractivity contribution in [1.82, 2.24) is 9.80 Å². The lowest BCUT2D eigenvalue weighted by Gasteiger charge is -2.24. The topological polar surface area (TPSA) is 53.0 Å². The first-order valence-electron chi connectivity index (χ1n) is 7.65. The van der Waals surface area contributed by atoms with Gasteiger partial charge in [-0.05, 0) is 25.1 Å². The van der Waals surface area contributed by atoms with E-state index in [-0.39, 0.29) is 12.2 Å². The molecular formula is C16H22F2N2O3. The van der Waals surface area contributed by atoms with Crippen molar-refractivity contribution in [3.05, 3.63) is 35.4 Å². The molecule has 5 nitrogen and oxygen atoms in total. The predicted octanol–water partition coefficient (Wildman–Crippen LogP) is 1.12. The van der Waals surface area contributed by atoms with Gasteiger partial charge in [-0.1, -0.05) is 0 Å². The highest BCUT2D eigenvalue weighted by molar-refractivity contribution is 5.94. The molecule has 0 unspecified atom stereocenters. The minimum absolute atomic E-state index is 0.112. The summed E-state index contributed by atoms with van der Waals surface area (Å²) in [6, 6.07) is 2.98. The molecule has 0 aliphatic carbocycles. The summed E-state index contributed by atoms with van der Waals surface area (Å²) in [5, 5.41) is 9.78. The standard InChI is InChI=1S/C16H22F2N2O3/c1-23-11-13(21)10-19-5-2-6-20(8-7-19)16(22)14-4-3-12(17)9-15(14)18/h3-4,9,13,21H,2,5-8,10-11H2,1H3/t13-/m1/s1. The number of hydrogen-bond donors (Lipinski definition) is 1. The van der Waals surface area contributed by atoms with E-state index in [0.29, 0.717) is 26.2 Å². The number of ether oxygens (including phenoxy) is 1. The van der Waals surface area contributed by atoms with Crippen molar-refractivity contribution in [1.29, 1.82) is 0 Å². The maximum absolute atomic E-state index is 13.7. The van der Waals surface area contributed by atoms with Crippen LogP contribution in [0.25, 0.3) is 0 Å². The van der Waals surface area contributed by atoms with Gasteiger partial charge in [0.1, 0.15) is 11.6 Å². The van der Waals surface area contributed by atoms with E-state index in [1.807, 2.05) is 0 Å². The minimum atomic E-state index is -0.841. The lowest BCUT2D eigenvalue weighted by molar-refractivity contribution is 0.0384. The molecule has 23 heavy (non-hydrogen) atoms. The second-order valence-corrected chi connectivity index (χ2v) is 5.68. The van der Waals surface area contributed by atoms with E-state index in [2.05, 4.69) is 4.90 Å². The summed E-state index contributed by atoms with van der Waals surface area (Å²) in [6.07, 6.45) is 0.158. The minimum Gasteiger partial charge on any atom is -0.389 e. The Labute approximate surface area is 134 Å². The fraction of sp³-hybridized carbons (Fsp3) is 0.562. The van der Waals surface area contributed by atoms with Crippen LogP contribution in [0.4, 0.5) is 8.78 Å². The number of carbonyl (C=O) groups excluding carboxylic acids is 1. The zero-order valence-electron chi connectivity index (χ0n) is 13.2. The number of amides is 1. The van der Waals surface area contributed by atoms with Crippen molar-refractivity contribution in [3.8, 4) is 0 Å². The molecule has 0 aromatic heterocycles. The van der Waals surface area contributed by atoms with Crippen LogP contribution in [0.5, 0.6) is 0 Å². The van der Waals surface area contributed by atoms with Crippen LogP contribution >= 0.6 is 0 Å². The first kappa shape index (κ1) is 17.8. The Bertz CT molecular complexity index is 542. The summed E-state index contributed by atoms with van der Waals surface area (Å²) in [5.74, 6) is -1.97. The van der Waals surface area contributed by atoms with Crippen LogP contribution in [0.15, 0.2) is 18.2 Å². The lowest BCUT2D eigenvalue weighted by Crippen LogP contribution is -2.39. The molecule has 0 saturated carbocycles. The highest BCUT2D eigenvalue weighted by Gasteiger charge is 2.23. The molecule has 1 aliphatic heterocycles. The summed E-state index contributed by atoms with van der Waals surface area (Å²) >= 11 is 0. The molecule has 7 heteroatoms. The number of carbonyl (C=O) groups is 1. The normalized spacial score (nSPS) is 17.8. The lowest BCUT2D eigenvalue weighted by atomic mass is 10.1. The van der Waals surface area contributed by atoms with E-state index in [4.69, 9.17) is 4.74 Å². The molecule has 1 aromatic rings. The second-order valence-electron chi connectivity index (χ2n) is 5.68. The Hall–Kier alpha value is -1.57. The van der Waals surface area contributed by atoms with Gasteiger partial charge in [0.05, 0.1) is 18.3 Å². The third-order valence-corrected chi connectivity index (χ3v) is 3.87. The maximum atomic E-state index is 13.7. The number of β-amino-alcohol motifs (C(OH)–C–C–N with tert-alkyl or cyclic N) is 1. The quantitative estimate of drug-likeness (QED) is 0.880. The first-order valence-corrected chi connectivity index (χ1v) is 7.65. The number of aliphatic hydroxyl groups is 1. The molecule has 0 spiro atoms. The molecule has 0 bridgehead atoms. The van der Waals surface area contributed by atoms with Gasteiger partial charge in [0, 0.05) is 39.4 Å². The van der Waals surface area contributed by atoms with E-state index in [1.165, 1.54) is 13.2 Å². The highest BCUT2D eigenvalue weighted by Crippen LogP contribution is 2.14. The number of aliphatic hydroxyl groups excluding tert-OH is 1. The van der Waals surface area contributed by atoms with Gasteiger partial charge in [-0.2, -0.15) is 0 Å². The monoisotopic (exact) mass is 328 g/mol. The van der Waals surface area contributed by atoms with Crippen LogP contribution < -0.4 is 0 Å². The van der Waals surface area contributed by atoms with Gasteiger partial charge < -0.3 is 14.7 Å². The zero-order chi connectivity index (χ0) is 16.8. The van der Waals surface area contributed by atoms with Gasteiger partial charge in [0.2, 0.25) is 0 Å². The van der Waals surface area contributed by atoms with Crippen LogP contribution in [0.2, 0.25) is 0 Å². The third kappa shape index (κ3) is 4.95. The number of benzene rings is 1. The van der Waals surface area contributed by atoms with Crippen molar-refractivity contribution < 1.29 is 23.4 Å². The van der Waals surface area contributed by atoms with Crippen molar-refractivity contribution >= 4 is 5.91 Å². The van der Waals surface area contributed by atoms with E-state index in [9.17, 15) is 18.7 Å². The molecule has 1 N–H and O–H groups in total. The summed E-state index contributed by atoms with van der Waals surface area (Å²) in [5.41, 5.74) is -0.112. The van der Waals surface area contributed by atoms with Crippen molar-refractivity contribution in [3.63, 3.8) is 0 Å². The molecule has 1 heterocycles. The molecule has 0 radical (unpaired) electrons. The predicted molar refractivity (Wildman–Crippen MR) is 81.2 cm³/mol. The fourth-order valence-electron chi connectivity index (χ4n) is 2.73. The number of halogens is 2. The van der Waals surface area contributed by atoms with Gasteiger partial charge >= 0.3 is 0 Å². The van der Waals surface area contributed by atoms with E-state index < -0.39 is 23.6 Å². The fourth-order valence-corrected chi connectivity index (χ4v) is 2.73. The Kier molecular flexibility index (Phi) is 6.44. The summed E-state index contributed by atoms with van der Waals surface area (Å²) < 4.78 is 31.6. The van der Waals surface area contributed by atoms with Crippen LogP contribution in [0.1, 0.15) is 16.8 Å². The molecule has 1 fully saturated rings. The number of hydrogen-bond acceptors (Lipinski definition) is 4. The molecular weight excluding hydrogens is 306 g/mol. The number of methoxy groups -OCH3 is 1. The molecule has 1 amide bonds. The van der Waals surface area contributed by atoms with Crippen LogP contribution in [-0.4, -0.2) is 73.4 Å². The average Bonchev–Trinajstić information content (AvgIpc) is 2.72. The van der Waals surface area contributed by atoms with Crippen LogP contribution in [0, 0.1) is 11.6 Å². The molecule has 1 saturated heterocycles. The van der Waals surface area contributed by atoms with Gasteiger partial charge in [-0.15, -0.1) is 0 Å². The Morgan fingerprint density at radius 2 is 2.09 bits per heavy atom. The van der Waals surface area contributed by atoms with Crippen molar-refractivity contribution in [2.45, 2.75) is 12.5 Å². The smallest absolute Gasteiger partial charge is 0.256 e. The van der Waals surface area contributed by atoms with Crippen molar-refractivity contribution in [2.75, 3.05) is 46.4 Å². The molecule has 128 valence electrons. The Balaban J connectivity index is 1.95. The second kappa shape index (κ2) is 8.33. The van der Waals surface area contributed by atoms with Gasteiger partial charge in [0.15, 0.2) is 0 Å². The number of nitrogens with zero attached hydrogens (tertiary/aromatic N) is 2. The van der Waals surface area contributed by atoms with Gasteiger partial charge in [-0.3, -0.25) is 9.69 Å². The molecule has 1 aliphatic rings. The van der Waals surface area contributed by atoms with E-state index >= 15 is 0 Å². The largest absolute Gasteiger partial charge is 0.389 e. The Morgan fingerprint density at radius 1 is 1.30 bits per heavy atom. The first-order chi connectivity index (χ1) is 11.0. The summed E-state index contributed by atoms with van der Waals surface area (Å²) in [6.45, 7) is 3.02. The van der Waals surface area contributed by atoms with Crippen LogP contribution in [-0.2, 0) is 4.74 Å². The van der Waals surface area contributed by atoms with Crippen molar-refractivity contribution in [2.24, 2.45) is 0 Å². The molecule has 2 rings (SSSR count). The maximum Gasteiger partial charge on any atom is 0.256 e. The van der Waals surface area contributed by atoms with E-state index in [1.54, 1.807) is 4.90 Å². The van der Waals surface area contributed by atoms with Gasteiger partial charge in [0.25, 0.3) is 5.91 Å². The average molecular weight is 328 g/mol.